The molecule has 0 aromatic carbocycles. The Morgan fingerprint density at radius 3 is 1.80 bits per heavy atom. The van der Waals surface area contributed by atoms with Crippen LogP contribution >= 0.6 is 0 Å². The van der Waals surface area contributed by atoms with Gasteiger partial charge in [0.25, 0.3) is 0 Å². The molecule has 0 saturated carbocycles. The molecule has 1 rings (SSSR count). The molecule has 150 valence electrons. The highest BCUT2D eigenvalue weighted by atomic mass is 19.4. The summed E-state index contributed by atoms with van der Waals surface area (Å²) in [5.74, 6) is -27.6. The molecule has 25 heavy (non-hydrogen) atoms. The zero-order valence-corrected chi connectivity index (χ0v) is 12.3. The molecule has 1 aliphatic heterocycles. The zero-order valence-electron chi connectivity index (χ0n) is 12.3. The fraction of sp³-hybridized carbons (Fsp3) is 1.00. The summed E-state index contributed by atoms with van der Waals surface area (Å²) < 4.78 is 149. The van der Waals surface area contributed by atoms with E-state index < -0.39 is 49.0 Å². The Hall–Kier alpha value is -0.850. The first-order chi connectivity index (χ1) is 11.1. The largest absolute Gasteiger partial charge is 0.460 e. The van der Waals surface area contributed by atoms with Crippen molar-refractivity contribution in [3.63, 3.8) is 0 Å². The summed E-state index contributed by atoms with van der Waals surface area (Å²) in [7, 11) is 0. The van der Waals surface area contributed by atoms with Gasteiger partial charge in [-0.3, -0.25) is 0 Å². The molecule has 1 atom stereocenters. The van der Waals surface area contributed by atoms with E-state index >= 15 is 0 Å². The summed E-state index contributed by atoms with van der Waals surface area (Å²) in [6, 6.07) is 0. The van der Waals surface area contributed by atoms with Gasteiger partial charge in [-0.15, -0.1) is 0 Å². The van der Waals surface area contributed by atoms with Gasteiger partial charge in [-0.25, -0.2) is 0 Å². The van der Waals surface area contributed by atoms with Gasteiger partial charge in [0.2, 0.25) is 0 Å². The van der Waals surface area contributed by atoms with Crippen molar-refractivity contribution in [1.82, 2.24) is 0 Å². The molecule has 0 bridgehead atoms. The van der Waals surface area contributed by atoms with E-state index in [-0.39, 0.29) is 6.61 Å². The maximum atomic E-state index is 13.3. The van der Waals surface area contributed by atoms with E-state index in [1.807, 2.05) is 0 Å². The zero-order chi connectivity index (χ0) is 19.7. The average molecular weight is 398 g/mol. The van der Waals surface area contributed by atoms with Gasteiger partial charge < -0.3 is 9.47 Å². The Morgan fingerprint density at radius 1 is 0.800 bits per heavy atom. The normalized spacial score (nSPS) is 21.0. The van der Waals surface area contributed by atoms with Crippen LogP contribution in [0.1, 0.15) is 19.3 Å². The Bertz CT molecular complexity index is 441. The lowest BCUT2D eigenvalue weighted by Gasteiger charge is -2.37. The van der Waals surface area contributed by atoms with Crippen LogP contribution in [0, 0.1) is 0 Å². The molecule has 0 aromatic heterocycles. The second kappa shape index (κ2) is 7.05. The molecule has 0 amide bonds. The van der Waals surface area contributed by atoms with Crippen LogP contribution in [0.3, 0.4) is 0 Å². The summed E-state index contributed by atoms with van der Waals surface area (Å²) >= 11 is 0. The van der Waals surface area contributed by atoms with Crippen LogP contribution in [0.15, 0.2) is 0 Å². The second-order valence-corrected chi connectivity index (χ2v) is 5.39. The molecule has 1 heterocycles. The SMILES string of the molecule is FC(F)(F)C(F)(F)C(F)(F)C(F)(F)C(F)(F)CCOCC1CCCO1. The summed E-state index contributed by atoms with van der Waals surface area (Å²) in [5.41, 5.74) is 0. The molecule has 0 aliphatic carbocycles. The predicted octanol–water partition coefficient (Wildman–Crippen LogP) is 4.68. The monoisotopic (exact) mass is 398 g/mol. The van der Waals surface area contributed by atoms with Crippen LogP contribution < -0.4 is 0 Å². The molecule has 0 radical (unpaired) electrons. The quantitative estimate of drug-likeness (QED) is 0.437. The molecular weight excluding hydrogens is 385 g/mol. The number of alkyl halides is 11. The topological polar surface area (TPSA) is 18.5 Å². The Balaban J connectivity index is 2.78. The summed E-state index contributed by atoms with van der Waals surface area (Å²) in [4.78, 5) is 0. The molecule has 1 fully saturated rings. The molecule has 2 nitrogen and oxygen atoms in total. The molecule has 1 unspecified atom stereocenters. The van der Waals surface area contributed by atoms with E-state index in [1.165, 1.54) is 0 Å². The molecule has 0 spiro atoms. The third-order valence-corrected chi connectivity index (χ3v) is 3.49. The first kappa shape index (κ1) is 22.2. The van der Waals surface area contributed by atoms with Crippen molar-refractivity contribution in [3.8, 4) is 0 Å². The van der Waals surface area contributed by atoms with Crippen LogP contribution in [0.2, 0.25) is 0 Å². The Morgan fingerprint density at radius 2 is 1.36 bits per heavy atom. The van der Waals surface area contributed by atoms with E-state index in [2.05, 4.69) is 4.74 Å². The number of ether oxygens (including phenoxy) is 2. The van der Waals surface area contributed by atoms with Gasteiger partial charge >= 0.3 is 29.9 Å². The number of rotatable bonds is 8. The van der Waals surface area contributed by atoms with E-state index in [1.54, 1.807) is 0 Å². The van der Waals surface area contributed by atoms with Crippen molar-refractivity contribution in [3.05, 3.63) is 0 Å². The molecule has 1 aliphatic rings. The molecule has 13 heteroatoms. The van der Waals surface area contributed by atoms with Gasteiger partial charge in [-0.1, -0.05) is 0 Å². The highest BCUT2D eigenvalue weighted by Gasteiger charge is 2.86. The van der Waals surface area contributed by atoms with Crippen LogP contribution in [-0.2, 0) is 9.47 Å². The van der Waals surface area contributed by atoms with Crippen LogP contribution in [-0.4, -0.2) is 55.8 Å². The van der Waals surface area contributed by atoms with Gasteiger partial charge in [0.15, 0.2) is 0 Å². The fourth-order valence-corrected chi connectivity index (χ4v) is 1.95. The number of hydrogen-bond donors (Lipinski definition) is 0. The maximum Gasteiger partial charge on any atom is 0.460 e. The Labute approximate surface area is 134 Å². The number of hydrogen-bond acceptors (Lipinski definition) is 2. The summed E-state index contributed by atoms with van der Waals surface area (Å²) in [6.07, 6.45) is -8.75. The lowest BCUT2D eigenvalue weighted by atomic mass is 9.96. The highest BCUT2D eigenvalue weighted by Crippen LogP contribution is 2.57. The molecule has 1 saturated heterocycles. The van der Waals surface area contributed by atoms with Crippen molar-refractivity contribution in [2.75, 3.05) is 19.8 Å². The lowest BCUT2D eigenvalue weighted by Crippen LogP contribution is -2.66. The van der Waals surface area contributed by atoms with Gasteiger partial charge in [0.1, 0.15) is 0 Å². The second-order valence-electron chi connectivity index (χ2n) is 5.39. The van der Waals surface area contributed by atoms with Crippen molar-refractivity contribution in [2.45, 2.75) is 55.2 Å². The maximum absolute atomic E-state index is 13.3. The van der Waals surface area contributed by atoms with Gasteiger partial charge in [-0.2, -0.15) is 48.3 Å². The summed E-state index contributed by atoms with van der Waals surface area (Å²) in [6.45, 7) is -1.26. The van der Waals surface area contributed by atoms with Crippen LogP contribution in [0.4, 0.5) is 48.3 Å². The van der Waals surface area contributed by atoms with Gasteiger partial charge in [0.05, 0.1) is 19.3 Å². The molecule has 0 aromatic rings. The third-order valence-electron chi connectivity index (χ3n) is 3.49. The minimum Gasteiger partial charge on any atom is -0.379 e. The fourth-order valence-electron chi connectivity index (χ4n) is 1.95. The van der Waals surface area contributed by atoms with E-state index in [9.17, 15) is 48.3 Å². The average Bonchev–Trinajstić information content (AvgIpc) is 2.95. The van der Waals surface area contributed by atoms with Crippen molar-refractivity contribution >= 4 is 0 Å². The summed E-state index contributed by atoms with van der Waals surface area (Å²) in [5, 5.41) is 0. The lowest BCUT2D eigenvalue weighted by molar-refractivity contribution is -0.422. The van der Waals surface area contributed by atoms with E-state index in [4.69, 9.17) is 4.74 Å². The predicted molar refractivity (Wildman–Crippen MR) is 60.3 cm³/mol. The van der Waals surface area contributed by atoms with Crippen molar-refractivity contribution < 1.29 is 57.8 Å². The highest BCUT2D eigenvalue weighted by molar-refractivity contribution is 5.06. The third kappa shape index (κ3) is 4.12. The molecular formula is C12H13F11O2. The standard InChI is InChI=1S/C12H13F11O2/c13-8(14,3-5-24-6-7-2-1-4-25-7)9(15,16)10(17,18)11(19,20)12(21,22)23/h7H,1-6H2. The van der Waals surface area contributed by atoms with Crippen LogP contribution in [0.5, 0.6) is 0 Å². The molecule has 0 N–H and O–H groups in total. The van der Waals surface area contributed by atoms with E-state index in [0.717, 1.165) is 0 Å². The van der Waals surface area contributed by atoms with Crippen molar-refractivity contribution in [2.24, 2.45) is 0 Å². The smallest absolute Gasteiger partial charge is 0.379 e. The first-order valence-corrected chi connectivity index (χ1v) is 6.85. The minimum atomic E-state index is -7.36. The first-order valence-electron chi connectivity index (χ1n) is 6.85. The minimum absolute atomic E-state index is 0.337. The van der Waals surface area contributed by atoms with Crippen molar-refractivity contribution in [1.29, 1.82) is 0 Å². The Kier molecular flexibility index (Phi) is 6.25. The van der Waals surface area contributed by atoms with E-state index in [0.29, 0.717) is 19.4 Å². The van der Waals surface area contributed by atoms with Crippen LogP contribution in [0.25, 0.3) is 0 Å². The van der Waals surface area contributed by atoms with Gasteiger partial charge in [-0.05, 0) is 12.8 Å². The number of halogens is 11. The van der Waals surface area contributed by atoms with Gasteiger partial charge in [0, 0.05) is 13.0 Å².